The molecule has 0 aliphatic rings. The first-order valence-electron chi connectivity index (χ1n) is 6.17. The van der Waals surface area contributed by atoms with Gasteiger partial charge in [-0.05, 0) is 36.2 Å². The fourth-order valence-electron chi connectivity index (χ4n) is 1.81. The van der Waals surface area contributed by atoms with Crippen molar-refractivity contribution in [3.8, 4) is 17.2 Å². The van der Waals surface area contributed by atoms with Crippen LogP contribution in [-0.4, -0.2) is 13.4 Å². The Morgan fingerprint density at radius 2 is 1.84 bits per heavy atom. The second-order valence-corrected chi connectivity index (χ2v) is 4.10. The van der Waals surface area contributed by atoms with Gasteiger partial charge in [-0.15, -0.1) is 0 Å². The van der Waals surface area contributed by atoms with E-state index in [0.29, 0.717) is 22.8 Å². The fourth-order valence-corrected chi connectivity index (χ4v) is 1.81. The predicted octanol–water partition coefficient (Wildman–Crippen LogP) is 3.86. The number of ether oxygens (including phenoxy) is 2. The molecule has 0 atom stereocenters. The molecule has 2 aromatic rings. The topological polar surface area (TPSA) is 35.5 Å². The van der Waals surface area contributed by atoms with Crippen molar-refractivity contribution in [3.63, 3.8) is 0 Å². The van der Waals surface area contributed by atoms with Crippen LogP contribution in [0.15, 0.2) is 42.5 Å². The van der Waals surface area contributed by atoms with Gasteiger partial charge in [0.1, 0.15) is 5.75 Å². The van der Waals surface area contributed by atoms with E-state index in [9.17, 15) is 4.79 Å². The lowest BCUT2D eigenvalue weighted by Gasteiger charge is -2.12. The van der Waals surface area contributed by atoms with E-state index >= 15 is 0 Å². The molecule has 0 unspecified atom stereocenters. The van der Waals surface area contributed by atoms with Crippen molar-refractivity contribution in [1.82, 2.24) is 0 Å². The van der Waals surface area contributed by atoms with Gasteiger partial charge in [0.2, 0.25) is 0 Å². The van der Waals surface area contributed by atoms with E-state index in [2.05, 4.69) is 6.92 Å². The number of carbonyl (C=O) groups is 1. The van der Waals surface area contributed by atoms with Gasteiger partial charge in [-0.1, -0.05) is 25.1 Å². The zero-order valence-electron chi connectivity index (χ0n) is 11.1. The van der Waals surface area contributed by atoms with Crippen LogP contribution < -0.4 is 9.47 Å². The summed E-state index contributed by atoms with van der Waals surface area (Å²) in [6.45, 7) is 2.08. The summed E-state index contributed by atoms with van der Waals surface area (Å²) >= 11 is 0. The van der Waals surface area contributed by atoms with E-state index in [4.69, 9.17) is 9.47 Å². The van der Waals surface area contributed by atoms with Crippen molar-refractivity contribution in [2.45, 2.75) is 13.3 Å². The number of aryl methyl sites for hydroxylation is 1. The molecule has 98 valence electrons. The van der Waals surface area contributed by atoms with E-state index in [1.807, 2.05) is 24.3 Å². The van der Waals surface area contributed by atoms with Gasteiger partial charge in [-0.25, -0.2) is 0 Å². The summed E-state index contributed by atoms with van der Waals surface area (Å²) in [4.78, 5) is 11.0. The molecule has 0 amide bonds. The molecule has 0 saturated heterocycles. The zero-order chi connectivity index (χ0) is 13.7. The summed E-state index contributed by atoms with van der Waals surface area (Å²) in [6, 6.07) is 12.9. The lowest BCUT2D eigenvalue weighted by Crippen LogP contribution is -1.94. The molecule has 2 rings (SSSR count). The monoisotopic (exact) mass is 256 g/mol. The Hall–Kier alpha value is -2.29. The van der Waals surface area contributed by atoms with E-state index in [1.54, 1.807) is 25.3 Å². The molecule has 2 aromatic carbocycles. The maximum atomic E-state index is 11.0. The zero-order valence-corrected chi connectivity index (χ0v) is 11.1. The molecule has 0 aliphatic heterocycles. The van der Waals surface area contributed by atoms with Crippen LogP contribution in [0.2, 0.25) is 0 Å². The van der Waals surface area contributed by atoms with Crippen molar-refractivity contribution in [2.24, 2.45) is 0 Å². The Morgan fingerprint density at radius 3 is 2.53 bits per heavy atom. The Labute approximate surface area is 112 Å². The lowest BCUT2D eigenvalue weighted by molar-refractivity contribution is 0.112. The molecule has 0 N–H and O–H groups in total. The maximum absolute atomic E-state index is 11.0. The third kappa shape index (κ3) is 2.94. The maximum Gasteiger partial charge on any atom is 0.169 e. The summed E-state index contributed by atoms with van der Waals surface area (Å²) in [6.07, 6.45) is 1.71. The molecule has 0 bridgehead atoms. The van der Waals surface area contributed by atoms with Gasteiger partial charge in [-0.3, -0.25) is 4.79 Å². The molecule has 19 heavy (non-hydrogen) atoms. The number of rotatable bonds is 5. The molecule has 0 radical (unpaired) electrons. The van der Waals surface area contributed by atoms with Crippen LogP contribution in [0.5, 0.6) is 17.2 Å². The highest BCUT2D eigenvalue weighted by Gasteiger charge is 2.09. The van der Waals surface area contributed by atoms with Crippen molar-refractivity contribution in [3.05, 3.63) is 53.6 Å². The molecular weight excluding hydrogens is 240 g/mol. The van der Waals surface area contributed by atoms with Gasteiger partial charge >= 0.3 is 0 Å². The average Bonchev–Trinajstić information content (AvgIpc) is 2.48. The minimum atomic E-state index is 0.518. The first-order valence-corrected chi connectivity index (χ1v) is 6.17. The molecule has 0 spiro atoms. The smallest absolute Gasteiger partial charge is 0.169 e. The molecule has 0 aliphatic carbocycles. The van der Waals surface area contributed by atoms with Crippen LogP contribution in [0, 0.1) is 0 Å². The number of hydrogen-bond acceptors (Lipinski definition) is 3. The van der Waals surface area contributed by atoms with Crippen molar-refractivity contribution in [1.29, 1.82) is 0 Å². The molecule has 3 nitrogen and oxygen atoms in total. The highest BCUT2D eigenvalue weighted by atomic mass is 16.5. The van der Waals surface area contributed by atoms with Gasteiger partial charge in [0.15, 0.2) is 17.8 Å². The first-order chi connectivity index (χ1) is 9.28. The van der Waals surface area contributed by atoms with Crippen LogP contribution in [0.4, 0.5) is 0 Å². The number of hydrogen-bond donors (Lipinski definition) is 0. The Kier molecular flexibility index (Phi) is 4.18. The van der Waals surface area contributed by atoms with Gasteiger partial charge < -0.3 is 9.47 Å². The molecule has 0 fully saturated rings. The second-order valence-electron chi connectivity index (χ2n) is 4.10. The number of benzene rings is 2. The predicted molar refractivity (Wildman–Crippen MR) is 74.3 cm³/mol. The van der Waals surface area contributed by atoms with E-state index in [0.717, 1.165) is 12.7 Å². The Morgan fingerprint density at radius 1 is 1.05 bits per heavy atom. The highest BCUT2D eigenvalue weighted by molar-refractivity contribution is 5.79. The third-order valence-corrected chi connectivity index (χ3v) is 2.90. The van der Waals surface area contributed by atoms with E-state index < -0.39 is 0 Å². The summed E-state index contributed by atoms with van der Waals surface area (Å²) in [5.74, 6) is 1.80. The van der Waals surface area contributed by atoms with Gasteiger partial charge in [0.25, 0.3) is 0 Å². The highest BCUT2D eigenvalue weighted by Crippen LogP contribution is 2.33. The number of carbonyl (C=O) groups excluding carboxylic acids is 1. The first kappa shape index (κ1) is 13.1. The fraction of sp³-hybridized carbons (Fsp3) is 0.188. The SMILES string of the molecule is CCc1ccc(Oc2ccccc2C=O)c(OC)c1. The van der Waals surface area contributed by atoms with Gasteiger partial charge in [0, 0.05) is 0 Å². The quantitative estimate of drug-likeness (QED) is 0.762. The second kappa shape index (κ2) is 6.05. The summed E-state index contributed by atoms with van der Waals surface area (Å²) in [7, 11) is 1.60. The number of methoxy groups -OCH3 is 1. The molecule has 0 heterocycles. The van der Waals surface area contributed by atoms with Crippen LogP contribution in [-0.2, 0) is 6.42 Å². The van der Waals surface area contributed by atoms with Crippen LogP contribution in [0.25, 0.3) is 0 Å². The number of para-hydroxylation sites is 1. The van der Waals surface area contributed by atoms with Crippen LogP contribution in [0.3, 0.4) is 0 Å². The summed E-state index contributed by atoms with van der Waals surface area (Å²) < 4.78 is 11.1. The van der Waals surface area contributed by atoms with Gasteiger partial charge in [-0.2, -0.15) is 0 Å². The standard InChI is InChI=1S/C16H16O3/c1-3-12-8-9-15(16(10-12)18-2)19-14-7-5-4-6-13(14)11-17/h4-11H,3H2,1-2H3. The third-order valence-electron chi connectivity index (χ3n) is 2.90. The molecular formula is C16H16O3. The normalized spacial score (nSPS) is 10.0. The summed E-state index contributed by atoms with van der Waals surface area (Å²) in [5.41, 5.74) is 1.69. The van der Waals surface area contributed by atoms with E-state index in [1.165, 1.54) is 5.56 Å². The number of aldehydes is 1. The van der Waals surface area contributed by atoms with Crippen molar-refractivity contribution < 1.29 is 14.3 Å². The largest absolute Gasteiger partial charge is 0.493 e. The van der Waals surface area contributed by atoms with Crippen LogP contribution >= 0.6 is 0 Å². The van der Waals surface area contributed by atoms with E-state index in [-0.39, 0.29) is 0 Å². The summed E-state index contributed by atoms with van der Waals surface area (Å²) in [5, 5.41) is 0. The molecule has 0 saturated carbocycles. The van der Waals surface area contributed by atoms with Crippen molar-refractivity contribution in [2.75, 3.05) is 7.11 Å². The van der Waals surface area contributed by atoms with Crippen molar-refractivity contribution >= 4 is 6.29 Å². The van der Waals surface area contributed by atoms with Crippen LogP contribution in [0.1, 0.15) is 22.8 Å². The minimum Gasteiger partial charge on any atom is -0.493 e. The Bertz CT molecular complexity index is 576. The minimum absolute atomic E-state index is 0.518. The Balaban J connectivity index is 2.35. The lowest BCUT2D eigenvalue weighted by atomic mass is 10.1. The molecule has 3 heteroatoms. The average molecular weight is 256 g/mol. The van der Waals surface area contributed by atoms with Gasteiger partial charge in [0.05, 0.1) is 12.7 Å². The molecule has 0 aromatic heterocycles.